The van der Waals surface area contributed by atoms with E-state index in [0.717, 1.165) is 5.56 Å². The van der Waals surface area contributed by atoms with Crippen LogP contribution < -0.4 is 0 Å². The summed E-state index contributed by atoms with van der Waals surface area (Å²) >= 11 is 0. The molecule has 0 saturated carbocycles. The molecule has 1 N–H and O–H groups in total. The van der Waals surface area contributed by atoms with E-state index in [4.69, 9.17) is 9.16 Å². The minimum atomic E-state index is -2.11. The maximum atomic E-state index is 11.3. The lowest BCUT2D eigenvalue weighted by atomic mass is 10.2. The molecule has 1 aromatic rings. The van der Waals surface area contributed by atoms with Gasteiger partial charge >= 0.3 is 5.97 Å². The van der Waals surface area contributed by atoms with Gasteiger partial charge in [0.25, 0.3) is 0 Å². The second-order valence-corrected chi connectivity index (χ2v) is 12.0. The largest absolute Gasteiger partial charge is 0.478 e. The van der Waals surface area contributed by atoms with Crippen molar-refractivity contribution >= 4 is 14.3 Å². The maximum absolute atomic E-state index is 11.3. The summed E-state index contributed by atoms with van der Waals surface area (Å²) in [6.07, 6.45) is -0.628. The van der Waals surface area contributed by atoms with Crippen molar-refractivity contribution in [2.24, 2.45) is 0 Å². The summed E-state index contributed by atoms with van der Waals surface area (Å²) in [6, 6.07) is 9.77. The first-order valence-corrected chi connectivity index (χ1v) is 10.7. The van der Waals surface area contributed by atoms with E-state index in [9.17, 15) is 9.90 Å². The first-order valence-electron chi connectivity index (χ1n) is 7.76. The smallest absolute Gasteiger partial charge is 0.333 e. The van der Waals surface area contributed by atoms with Crippen molar-refractivity contribution in [1.82, 2.24) is 0 Å². The summed E-state index contributed by atoms with van der Waals surface area (Å²) in [5, 5.41) is 9.24. The molecule has 0 aliphatic heterocycles. The van der Waals surface area contributed by atoms with Gasteiger partial charge in [0, 0.05) is 0 Å². The molecule has 0 radical (unpaired) electrons. The number of carboxylic acids is 1. The van der Waals surface area contributed by atoms with E-state index in [0.29, 0.717) is 6.61 Å². The summed E-state index contributed by atoms with van der Waals surface area (Å²) in [5.74, 6) is -1.04. The minimum Gasteiger partial charge on any atom is -0.478 e. The van der Waals surface area contributed by atoms with Gasteiger partial charge in [-0.25, -0.2) is 4.79 Å². The quantitative estimate of drug-likeness (QED) is 0.570. The summed E-state index contributed by atoms with van der Waals surface area (Å²) in [5.41, 5.74) is 1.09. The van der Waals surface area contributed by atoms with Crippen molar-refractivity contribution in [3.8, 4) is 0 Å². The van der Waals surface area contributed by atoms with Crippen LogP contribution in [0.25, 0.3) is 0 Å². The molecule has 0 spiro atoms. The normalized spacial score (nSPS) is 13.6. The van der Waals surface area contributed by atoms with Crippen LogP contribution in [-0.2, 0) is 20.6 Å². The molecule has 0 bridgehead atoms. The van der Waals surface area contributed by atoms with E-state index < -0.39 is 20.4 Å². The Hall–Kier alpha value is -1.43. The van der Waals surface area contributed by atoms with Gasteiger partial charge in [0.05, 0.1) is 18.8 Å². The second kappa shape index (κ2) is 7.90. The van der Waals surface area contributed by atoms with Gasteiger partial charge < -0.3 is 14.3 Å². The van der Waals surface area contributed by atoms with Crippen LogP contribution in [0.3, 0.4) is 0 Å². The maximum Gasteiger partial charge on any atom is 0.333 e. The molecule has 5 heteroatoms. The SMILES string of the molecule is C=C(C(=O)O)C(COCc1ccccc1)O[Si](C)(C)C(C)(C)C. The van der Waals surface area contributed by atoms with Crippen LogP contribution in [0.1, 0.15) is 26.3 Å². The molecule has 0 aliphatic carbocycles. The van der Waals surface area contributed by atoms with Crippen molar-refractivity contribution in [2.75, 3.05) is 6.61 Å². The molecule has 4 nitrogen and oxygen atoms in total. The second-order valence-electron chi connectivity index (χ2n) is 7.20. The van der Waals surface area contributed by atoms with Crippen LogP contribution in [0.5, 0.6) is 0 Å². The molecule has 0 saturated heterocycles. The van der Waals surface area contributed by atoms with Crippen LogP contribution in [0.2, 0.25) is 18.1 Å². The Balaban J connectivity index is 2.74. The number of benzene rings is 1. The molecule has 0 aliphatic rings. The summed E-state index contributed by atoms with van der Waals surface area (Å²) in [7, 11) is -2.11. The monoisotopic (exact) mass is 336 g/mol. The van der Waals surface area contributed by atoms with Crippen LogP contribution in [-0.4, -0.2) is 32.1 Å². The average Bonchev–Trinajstić information content (AvgIpc) is 2.45. The Morgan fingerprint density at radius 3 is 2.30 bits per heavy atom. The third-order valence-electron chi connectivity index (χ3n) is 4.29. The third-order valence-corrected chi connectivity index (χ3v) is 8.77. The zero-order valence-corrected chi connectivity index (χ0v) is 15.8. The van der Waals surface area contributed by atoms with Crippen LogP contribution in [0.15, 0.2) is 42.5 Å². The number of ether oxygens (including phenoxy) is 1. The van der Waals surface area contributed by atoms with Crippen molar-refractivity contribution in [1.29, 1.82) is 0 Å². The lowest BCUT2D eigenvalue weighted by molar-refractivity contribution is -0.134. The van der Waals surface area contributed by atoms with Crippen LogP contribution >= 0.6 is 0 Å². The Bertz CT molecular complexity index is 532. The average molecular weight is 337 g/mol. The molecule has 0 amide bonds. The van der Waals surface area contributed by atoms with Gasteiger partial charge in [0.15, 0.2) is 8.32 Å². The van der Waals surface area contributed by atoms with Gasteiger partial charge in [0.2, 0.25) is 0 Å². The van der Waals surface area contributed by atoms with Gasteiger partial charge in [-0.15, -0.1) is 0 Å². The molecular formula is C18H28O4Si. The molecule has 128 valence electrons. The zero-order valence-electron chi connectivity index (χ0n) is 14.8. The van der Waals surface area contributed by atoms with Gasteiger partial charge in [-0.3, -0.25) is 0 Å². The predicted molar refractivity (Wildman–Crippen MR) is 94.9 cm³/mol. The highest BCUT2D eigenvalue weighted by Crippen LogP contribution is 2.38. The molecule has 1 unspecified atom stereocenters. The molecule has 1 atom stereocenters. The Morgan fingerprint density at radius 2 is 1.83 bits per heavy atom. The number of hydrogen-bond acceptors (Lipinski definition) is 3. The fourth-order valence-corrected chi connectivity index (χ4v) is 3.01. The molecule has 1 aromatic carbocycles. The molecule has 23 heavy (non-hydrogen) atoms. The third kappa shape index (κ3) is 5.93. The molecular weight excluding hydrogens is 308 g/mol. The molecule has 0 heterocycles. The summed E-state index contributed by atoms with van der Waals surface area (Å²) in [6.45, 7) is 14.8. The number of rotatable bonds is 8. The Morgan fingerprint density at radius 1 is 1.26 bits per heavy atom. The van der Waals surface area contributed by atoms with Gasteiger partial charge in [-0.2, -0.15) is 0 Å². The minimum absolute atomic E-state index is 0.0105. The summed E-state index contributed by atoms with van der Waals surface area (Å²) < 4.78 is 11.9. The van der Waals surface area contributed by atoms with E-state index in [-0.39, 0.29) is 17.2 Å². The standard InChI is InChI=1S/C18H28O4Si/c1-14(17(19)20)16(22-23(5,6)18(2,3)4)13-21-12-15-10-8-7-9-11-15/h7-11,16H,1,12-13H2,2-6H3,(H,19,20). The van der Waals surface area contributed by atoms with Crippen molar-refractivity contribution < 1.29 is 19.1 Å². The highest BCUT2D eigenvalue weighted by atomic mass is 28.4. The van der Waals surface area contributed by atoms with Gasteiger partial charge in [0.1, 0.15) is 6.10 Å². The first-order chi connectivity index (χ1) is 10.5. The highest BCUT2D eigenvalue weighted by Gasteiger charge is 2.40. The van der Waals surface area contributed by atoms with E-state index in [1.165, 1.54) is 0 Å². The van der Waals surface area contributed by atoms with Crippen LogP contribution in [0.4, 0.5) is 0 Å². The molecule has 0 aromatic heterocycles. The fourth-order valence-electron chi connectivity index (χ4n) is 1.73. The molecule has 1 rings (SSSR count). The Labute approximate surface area is 140 Å². The number of aliphatic carboxylic acids is 1. The van der Waals surface area contributed by atoms with E-state index in [1.807, 2.05) is 30.3 Å². The zero-order chi connectivity index (χ0) is 17.7. The number of carboxylic acid groups (broad SMARTS) is 1. The van der Waals surface area contributed by atoms with Crippen molar-refractivity contribution in [3.63, 3.8) is 0 Å². The number of carbonyl (C=O) groups is 1. The first kappa shape index (κ1) is 19.6. The number of hydrogen-bond donors (Lipinski definition) is 1. The topological polar surface area (TPSA) is 55.8 Å². The van der Waals surface area contributed by atoms with E-state index in [2.05, 4.69) is 40.4 Å². The van der Waals surface area contributed by atoms with Crippen molar-refractivity contribution in [2.45, 2.75) is 51.6 Å². The Kier molecular flexibility index (Phi) is 6.74. The van der Waals surface area contributed by atoms with Crippen LogP contribution in [0, 0.1) is 0 Å². The van der Waals surface area contributed by atoms with E-state index in [1.54, 1.807) is 0 Å². The van der Waals surface area contributed by atoms with Gasteiger partial charge in [-0.1, -0.05) is 57.7 Å². The van der Waals surface area contributed by atoms with Gasteiger partial charge in [-0.05, 0) is 23.7 Å². The predicted octanol–water partition coefficient (Wildman–Crippen LogP) is 4.23. The highest BCUT2D eigenvalue weighted by molar-refractivity contribution is 6.74. The lowest BCUT2D eigenvalue weighted by Gasteiger charge is -2.39. The lowest BCUT2D eigenvalue weighted by Crippen LogP contribution is -2.46. The fraction of sp³-hybridized carbons (Fsp3) is 0.500. The van der Waals surface area contributed by atoms with Crippen molar-refractivity contribution in [3.05, 3.63) is 48.0 Å². The van der Waals surface area contributed by atoms with E-state index >= 15 is 0 Å². The molecule has 0 fully saturated rings. The summed E-state index contributed by atoms with van der Waals surface area (Å²) in [4.78, 5) is 11.3.